The molecular weight excluding hydrogens is 224 g/mol. The molecule has 2 heterocycles. The van der Waals surface area contributed by atoms with Crippen molar-refractivity contribution in [3.05, 3.63) is 12.4 Å². The molecule has 4 nitrogen and oxygen atoms in total. The molecule has 1 aliphatic heterocycles. The second kappa shape index (κ2) is 6.03. The average molecular weight is 248 g/mol. The van der Waals surface area contributed by atoms with Crippen LogP contribution < -0.4 is 10.2 Å². The predicted molar refractivity (Wildman–Crippen MR) is 76.1 cm³/mol. The van der Waals surface area contributed by atoms with E-state index in [1.165, 1.54) is 19.3 Å². The maximum atomic E-state index is 4.69. The molecule has 1 fully saturated rings. The lowest BCUT2D eigenvalue weighted by atomic mass is 10.1. The molecule has 0 radical (unpaired) electrons. The molecule has 2 unspecified atom stereocenters. The minimum atomic E-state index is 0.575. The molecule has 2 atom stereocenters. The molecule has 1 N–H and O–H groups in total. The molecule has 1 aromatic heterocycles. The normalized spacial score (nSPS) is 23.4. The highest BCUT2D eigenvalue weighted by Gasteiger charge is 2.30. The van der Waals surface area contributed by atoms with Crippen LogP contribution in [0.5, 0.6) is 0 Å². The van der Waals surface area contributed by atoms with Crippen LogP contribution in [-0.4, -0.2) is 28.6 Å². The second-order valence-corrected chi connectivity index (χ2v) is 5.09. The molecule has 0 amide bonds. The van der Waals surface area contributed by atoms with Crippen molar-refractivity contribution in [1.82, 2.24) is 9.97 Å². The SMILES string of the molecule is CCCNc1cncc(N2C(C)CCC2CC)n1. The summed E-state index contributed by atoms with van der Waals surface area (Å²) in [6.45, 7) is 7.64. The lowest BCUT2D eigenvalue weighted by molar-refractivity contribution is 0.620. The molecule has 1 aliphatic rings. The van der Waals surface area contributed by atoms with Gasteiger partial charge in [-0.05, 0) is 32.6 Å². The third kappa shape index (κ3) is 2.74. The van der Waals surface area contributed by atoms with Crippen molar-refractivity contribution in [3.8, 4) is 0 Å². The number of nitrogens with zero attached hydrogens (tertiary/aromatic N) is 3. The van der Waals surface area contributed by atoms with Gasteiger partial charge in [0.15, 0.2) is 0 Å². The minimum absolute atomic E-state index is 0.575. The Bertz CT molecular complexity index is 380. The van der Waals surface area contributed by atoms with E-state index in [1.807, 2.05) is 6.20 Å². The quantitative estimate of drug-likeness (QED) is 0.869. The van der Waals surface area contributed by atoms with Crippen molar-refractivity contribution in [3.63, 3.8) is 0 Å². The summed E-state index contributed by atoms with van der Waals surface area (Å²) < 4.78 is 0. The van der Waals surface area contributed by atoms with Gasteiger partial charge in [-0.15, -0.1) is 0 Å². The fraction of sp³-hybridized carbons (Fsp3) is 0.714. The third-order valence-corrected chi connectivity index (χ3v) is 3.70. The molecule has 100 valence electrons. The van der Waals surface area contributed by atoms with Gasteiger partial charge in [0.05, 0.1) is 12.4 Å². The maximum absolute atomic E-state index is 4.69. The van der Waals surface area contributed by atoms with E-state index < -0.39 is 0 Å². The number of hydrogen-bond donors (Lipinski definition) is 1. The molecule has 0 aliphatic carbocycles. The Hall–Kier alpha value is -1.32. The first-order valence-corrected chi connectivity index (χ1v) is 7.10. The van der Waals surface area contributed by atoms with Crippen LogP contribution in [0.2, 0.25) is 0 Å². The van der Waals surface area contributed by atoms with E-state index >= 15 is 0 Å². The molecular formula is C14H24N4. The zero-order valence-electron chi connectivity index (χ0n) is 11.7. The Balaban J connectivity index is 2.16. The van der Waals surface area contributed by atoms with E-state index in [4.69, 9.17) is 4.98 Å². The van der Waals surface area contributed by atoms with Gasteiger partial charge in [0.2, 0.25) is 0 Å². The summed E-state index contributed by atoms with van der Waals surface area (Å²) in [6.07, 6.45) is 8.50. The monoisotopic (exact) mass is 248 g/mol. The minimum Gasteiger partial charge on any atom is -0.369 e. The molecule has 2 rings (SSSR count). The first kappa shape index (κ1) is 13.1. The molecule has 1 saturated heterocycles. The van der Waals surface area contributed by atoms with Gasteiger partial charge in [0.25, 0.3) is 0 Å². The van der Waals surface area contributed by atoms with Crippen LogP contribution >= 0.6 is 0 Å². The van der Waals surface area contributed by atoms with Crippen LogP contribution in [0.3, 0.4) is 0 Å². The molecule has 0 aromatic carbocycles. The number of rotatable bonds is 5. The predicted octanol–water partition coefficient (Wildman–Crippen LogP) is 3.07. The van der Waals surface area contributed by atoms with Gasteiger partial charge in [0.1, 0.15) is 11.6 Å². The van der Waals surface area contributed by atoms with Gasteiger partial charge in [-0.3, -0.25) is 4.98 Å². The van der Waals surface area contributed by atoms with Gasteiger partial charge < -0.3 is 10.2 Å². The van der Waals surface area contributed by atoms with E-state index in [0.29, 0.717) is 12.1 Å². The van der Waals surface area contributed by atoms with E-state index in [2.05, 4.69) is 36.0 Å². The van der Waals surface area contributed by atoms with E-state index in [-0.39, 0.29) is 0 Å². The van der Waals surface area contributed by atoms with Gasteiger partial charge in [0, 0.05) is 18.6 Å². The summed E-state index contributed by atoms with van der Waals surface area (Å²) in [7, 11) is 0. The Morgan fingerprint density at radius 3 is 2.89 bits per heavy atom. The van der Waals surface area contributed by atoms with Crippen molar-refractivity contribution in [1.29, 1.82) is 0 Å². The van der Waals surface area contributed by atoms with Gasteiger partial charge >= 0.3 is 0 Å². The third-order valence-electron chi connectivity index (χ3n) is 3.70. The summed E-state index contributed by atoms with van der Waals surface area (Å²) in [5.41, 5.74) is 0. The Kier molecular flexibility index (Phi) is 4.39. The highest BCUT2D eigenvalue weighted by Crippen LogP contribution is 2.30. The smallest absolute Gasteiger partial charge is 0.150 e. The van der Waals surface area contributed by atoms with Gasteiger partial charge in [-0.1, -0.05) is 13.8 Å². The molecule has 4 heteroatoms. The van der Waals surface area contributed by atoms with Crippen molar-refractivity contribution in [2.24, 2.45) is 0 Å². The molecule has 18 heavy (non-hydrogen) atoms. The standard InChI is InChI=1S/C14H24N4/c1-4-8-16-13-9-15-10-14(17-13)18-11(3)6-7-12(18)5-2/h9-12H,4-8H2,1-3H3,(H,16,17). The van der Waals surface area contributed by atoms with Crippen molar-refractivity contribution < 1.29 is 0 Å². The van der Waals surface area contributed by atoms with Gasteiger partial charge in [-0.25, -0.2) is 4.98 Å². The Morgan fingerprint density at radius 1 is 1.33 bits per heavy atom. The fourth-order valence-electron chi connectivity index (χ4n) is 2.70. The van der Waals surface area contributed by atoms with E-state index in [9.17, 15) is 0 Å². The Labute approximate surface area is 110 Å². The first-order chi connectivity index (χ1) is 8.76. The lowest BCUT2D eigenvalue weighted by Crippen LogP contribution is -2.35. The van der Waals surface area contributed by atoms with Crippen molar-refractivity contribution in [2.75, 3.05) is 16.8 Å². The van der Waals surface area contributed by atoms with Gasteiger partial charge in [-0.2, -0.15) is 0 Å². The zero-order chi connectivity index (χ0) is 13.0. The average Bonchev–Trinajstić information content (AvgIpc) is 2.78. The second-order valence-electron chi connectivity index (χ2n) is 5.09. The van der Waals surface area contributed by atoms with Crippen molar-refractivity contribution >= 4 is 11.6 Å². The number of nitrogens with one attached hydrogen (secondary N) is 1. The first-order valence-electron chi connectivity index (χ1n) is 7.10. The lowest BCUT2D eigenvalue weighted by Gasteiger charge is -2.29. The zero-order valence-corrected chi connectivity index (χ0v) is 11.7. The summed E-state index contributed by atoms with van der Waals surface area (Å²) in [6, 6.07) is 1.20. The molecule has 0 spiro atoms. The molecule has 1 aromatic rings. The van der Waals surface area contributed by atoms with Crippen molar-refractivity contribution in [2.45, 2.75) is 58.5 Å². The maximum Gasteiger partial charge on any atom is 0.150 e. The number of hydrogen-bond acceptors (Lipinski definition) is 4. The van der Waals surface area contributed by atoms with Crippen LogP contribution in [-0.2, 0) is 0 Å². The topological polar surface area (TPSA) is 41.1 Å². The van der Waals surface area contributed by atoms with Crippen LogP contribution in [0.1, 0.15) is 46.5 Å². The molecule has 0 bridgehead atoms. The summed E-state index contributed by atoms with van der Waals surface area (Å²) in [4.78, 5) is 11.4. The summed E-state index contributed by atoms with van der Waals surface area (Å²) >= 11 is 0. The molecule has 0 saturated carbocycles. The van der Waals surface area contributed by atoms with Crippen LogP contribution in [0.25, 0.3) is 0 Å². The van der Waals surface area contributed by atoms with E-state index in [1.54, 1.807) is 6.20 Å². The van der Waals surface area contributed by atoms with Crippen LogP contribution in [0, 0.1) is 0 Å². The highest BCUT2D eigenvalue weighted by molar-refractivity contribution is 5.46. The summed E-state index contributed by atoms with van der Waals surface area (Å²) in [5.74, 6) is 1.91. The number of aromatic nitrogens is 2. The largest absolute Gasteiger partial charge is 0.369 e. The fourth-order valence-corrected chi connectivity index (χ4v) is 2.70. The van der Waals surface area contributed by atoms with E-state index in [0.717, 1.165) is 24.6 Å². The van der Waals surface area contributed by atoms with Crippen LogP contribution in [0.15, 0.2) is 12.4 Å². The number of anilines is 2. The Morgan fingerprint density at radius 2 is 2.17 bits per heavy atom. The summed E-state index contributed by atoms with van der Waals surface area (Å²) in [5, 5.41) is 3.31. The highest BCUT2D eigenvalue weighted by atomic mass is 15.3. The van der Waals surface area contributed by atoms with Crippen LogP contribution in [0.4, 0.5) is 11.6 Å².